The number of ether oxygens (including phenoxy) is 1. The fourth-order valence-electron chi connectivity index (χ4n) is 1.82. The average molecular weight is 290 g/mol. The van der Waals surface area contributed by atoms with Crippen LogP contribution in [0.5, 0.6) is 0 Å². The molecule has 0 aromatic rings. The van der Waals surface area contributed by atoms with Crippen molar-refractivity contribution in [2.24, 2.45) is 0 Å². The summed E-state index contributed by atoms with van der Waals surface area (Å²) in [4.78, 5) is 11.5. The molecule has 0 unspecified atom stereocenters. The molecule has 0 aliphatic heterocycles. The van der Waals surface area contributed by atoms with Crippen LogP contribution in [0.1, 0.15) is 58.8 Å². The number of hydrogen-bond donors (Lipinski definition) is 0. The second-order valence-electron chi connectivity index (χ2n) is 5.15. The van der Waals surface area contributed by atoms with Gasteiger partial charge in [-0.25, -0.2) is 4.79 Å². The Bertz CT molecular complexity index is 362. The lowest BCUT2D eigenvalue weighted by molar-refractivity contribution is -0.137. The molecule has 0 aliphatic carbocycles. The number of unbranched alkanes of at least 4 members (excludes halogenated alkanes) is 6. The maximum absolute atomic E-state index is 11.5. The van der Waals surface area contributed by atoms with Crippen molar-refractivity contribution in [2.75, 3.05) is 6.61 Å². The summed E-state index contributed by atoms with van der Waals surface area (Å²) in [6, 6.07) is 0. The Kier molecular flexibility index (Phi) is 13.7. The number of allylic oxidation sites excluding steroid dienone is 6. The lowest BCUT2D eigenvalue weighted by atomic mass is 10.1. The number of carbonyl (C=O) groups is 1. The molecule has 0 saturated carbocycles. The average Bonchev–Trinajstić information content (AvgIpc) is 2.48. The quantitative estimate of drug-likeness (QED) is 0.204. The Morgan fingerprint density at radius 2 is 1.67 bits per heavy atom. The van der Waals surface area contributed by atoms with Gasteiger partial charge in [-0.15, -0.1) is 0 Å². The Hall–Kier alpha value is -1.57. The van der Waals surface area contributed by atoms with E-state index in [1.165, 1.54) is 38.2 Å². The van der Waals surface area contributed by atoms with E-state index in [1.807, 2.05) is 25.2 Å². The molecule has 0 rings (SSSR count). The molecule has 0 radical (unpaired) electrons. The summed E-state index contributed by atoms with van der Waals surface area (Å²) in [7, 11) is 0. The van der Waals surface area contributed by atoms with Crippen LogP contribution in [-0.4, -0.2) is 12.6 Å². The molecule has 21 heavy (non-hydrogen) atoms. The summed E-state index contributed by atoms with van der Waals surface area (Å²) >= 11 is 0. The van der Waals surface area contributed by atoms with Crippen LogP contribution in [0.2, 0.25) is 0 Å². The summed E-state index contributed by atoms with van der Waals surface area (Å²) in [5, 5.41) is 0. The first-order chi connectivity index (χ1) is 10.2. The third kappa shape index (κ3) is 14.6. The lowest BCUT2D eigenvalue weighted by Gasteiger charge is -2.02. The van der Waals surface area contributed by atoms with Crippen molar-refractivity contribution in [3.63, 3.8) is 0 Å². The fourth-order valence-corrected chi connectivity index (χ4v) is 1.82. The summed E-state index contributed by atoms with van der Waals surface area (Å²) in [5.74, 6) is -0.263. The molecule has 0 aliphatic rings. The molecule has 0 bridgehead atoms. The van der Waals surface area contributed by atoms with Crippen LogP contribution < -0.4 is 0 Å². The van der Waals surface area contributed by atoms with Crippen LogP contribution in [0.25, 0.3) is 0 Å². The Balaban J connectivity index is 3.64. The monoisotopic (exact) mass is 290 g/mol. The van der Waals surface area contributed by atoms with Crippen molar-refractivity contribution in [1.29, 1.82) is 0 Å². The van der Waals surface area contributed by atoms with E-state index in [2.05, 4.69) is 13.5 Å². The number of carbonyl (C=O) groups excluding carboxylic acids is 1. The molecule has 0 heterocycles. The maximum atomic E-state index is 11.5. The molecule has 2 nitrogen and oxygen atoms in total. The number of rotatable bonds is 12. The standard InChI is InChI=1S/C19H30O2/c1-4-6-8-9-10-11-13-17-21-19(20)16-15-18(3)14-12-7-5-2/h5,7,12,14-16H,2,4,6,8-11,13,17H2,1,3H3/b12-7-,16-15+,18-14+. The van der Waals surface area contributed by atoms with E-state index in [0.29, 0.717) is 6.61 Å². The highest BCUT2D eigenvalue weighted by Gasteiger charge is 1.96. The molecular weight excluding hydrogens is 260 g/mol. The van der Waals surface area contributed by atoms with Gasteiger partial charge in [-0.2, -0.15) is 0 Å². The first kappa shape index (κ1) is 19.4. The third-order valence-corrected chi connectivity index (χ3v) is 3.08. The molecule has 0 saturated heterocycles. The Morgan fingerprint density at radius 3 is 2.33 bits per heavy atom. The van der Waals surface area contributed by atoms with Crippen molar-refractivity contribution >= 4 is 5.97 Å². The molecule has 0 amide bonds. The second-order valence-corrected chi connectivity index (χ2v) is 5.15. The minimum atomic E-state index is -0.263. The maximum Gasteiger partial charge on any atom is 0.330 e. The van der Waals surface area contributed by atoms with E-state index in [4.69, 9.17) is 4.74 Å². The Morgan fingerprint density at radius 1 is 1.00 bits per heavy atom. The van der Waals surface area contributed by atoms with Gasteiger partial charge in [0.05, 0.1) is 6.61 Å². The predicted molar refractivity (Wildman–Crippen MR) is 91.2 cm³/mol. The summed E-state index contributed by atoms with van der Waals surface area (Å²) in [6.45, 7) is 8.28. The van der Waals surface area contributed by atoms with Crippen molar-refractivity contribution < 1.29 is 9.53 Å². The van der Waals surface area contributed by atoms with Gasteiger partial charge >= 0.3 is 5.97 Å². The SMILES string of the molecule is C=C\C=C/C=C(C)/C=C/C(=O)OCCCCCCCCC. The Labute approximate surface area is 130 Å². The van der Waals surface area contributed by atoms with Gasteiger partial charge in [0.15, 0.2) is 0 Å². The summed E-state index contributed by atoms with van der Waals surface area (Å²) in [6.07, 6.45) is 19.2. The van der Waals surface area contributed by atoms with Crippen LogP contribution in [0.4, 0.5) is 0 Å². The molecule has 118 valence electrons. The summed E-state index contributed by atoms with van der Waals surface area (Å²) < 4.78 is 5.16. The lowest BCUT2D eigenvalue weighted by Crippen LogP contribution is -2.02. The fraction of sp³-hybridized carbons (Fsp3) is 0.526. The van der Waals surface area contributed by atoms with Crippen molar-refractivity contribution in [3.8, 4) is 0 Å². The molecule has 0 N–H and O–H groups in total. The first-order valence-corrected chi connectivity index (χ1v) is 8.01. The van der Waals surface area contributed by atoms with E-state index in [9.17, 15) is 4.79 Å². The highest BCUT2D eigenvalue weighted by Crippen LogP contribution is 2.07. The van der Waals surface area contributed by atoms with Crippen molar-refractivity contribution in [2.45, 2.75) is 58.8 Å². The molecular formula is C19H30O2. The summed E-state index contributed by atoms with van der Waals surface area (Å²) in [5.41, 5.74) is 1.00. The molecule has 0 aromatic carbocycles. The van der Waals surface area contributed by atoms with Gasteiger partial charge < -0.3 is 4.74 Å². The highest BCUT2D eigenvalue weighted by molar-refractivity contribution is 5.82. The minimum absolute atomic E-state index is 0.263. The van der Waals surface area contributed by atoms with Gasteiger partial charge in [0.2, 0.25) is 0 Å². The normalized spacial score (nSPS) is 12.2. The topological polar surface area (TPSA) is 26.3 Å². The van der Waals surface area contributed by atoms with Crippen LogP contribution in [-0.2, 0) is 9.53 Å². The van der Waals surface area contributed by atoms with Gasteiger partial charge in [0, 0.05) is 6.08 Å². The molecule has 2 heteroatoms. The van der Waals surface area contributed by atoms with E-state index in [0.717, 1.165) is 18.4 Å². The van der Waals surface area contributed by atoms with Crippen LogP contribution >= 0.6 is 0 Å². The molecule has 0 aromatic heterocycles. The van der Waals surface area contributed by atoms with E-state index < -0.39 is 0 Å². The third-order valence-electron chi connectivity index (χ3n) is 3.08. The molecule has 0 atom stereocenters. The van der Waals surface area contributed by atoms with Crippen LogP contribution in [0.3, 0.4) is 0 Å². The second kappa shape index (κ2) is 14.8. The van der Waals surface area contributed by atoms with Gasteiger partial charge in [-0.3, -0.25) is 0 Å². The van der Waals surface area contributed by atoms with Gasteiger partial charge in [0.1, 0.15) is 0 Å². The van der Waals surface area contributed by atoms with Gasteiger partial charge in [-0.05, 0) is 13.3 Å². The minimum Gasteiger partial charge on any atom is -0.463 e. The van der Waals surface area contributed by atoms with Crippen LogP contribution in [0, 0.1) is 0 Å². The van der Waals surface area contributed by atoms with E-state index >= 15 is 0 Å². The molecule has 0 fully saturated rings. The predicted octanol–water partition coefficient (Wildman–Crippen LogP) is 5.52. The number of hydrogen-bond acceptors (Lipinski definition) is 2. The number of esters is 1. The van der Waals surface area contributed by atoms with E-state index in [1.54, 1.807) is 12.2 Å². The highest BCUT2D eigenvalue weighted by atomic mass is 16.5. The van der Waals surface area contributed by atoms with Gasteiger partial charge in [-0.1, -0.05) is 88.0 Å². The molecule has 0 spiro atoms. The van der Waals surface area contributed by atoms with Crippen molar-refractivity contribution in [3.05, 3.63) is 48.6 Å². The van der Waals surface area contributed by atoms with Crippen LogP contribution in [0.15, 0.2) is 48.6 Å². The van der Waals surface area contributed by atoms with E-state index in [-0.39, 0.29) is 5.97 Å². The van der Waals surface area contributed by atoms with Crippen molar-refractivity contribution in [1.82, 2.24) is 0 Å². The first-order valence-electron chi connectivity index (χ1n) is 8.01. The zero-order chi connectivity index (χ0) is 15.8. The zero-order valence-corrected chi connectivity index (χ0v) is 13.6. The zero-order valence-electron chi connectivity index (χ0n) is 13.6. The van der Waals surface area contributed by atoms with Gasteiger partial charge in [0.25, 0.3) is 0 Å². The smallest absolute Gasteiger partial charge is 0.330 e. The largest absolute Gasteiger partial charge is 0.463 e.